The van der Waals surface area contributed by atoms with E-state index in [0.717, 1.165) is 19.3 Å². The first kappa shape index (κ1) is 31.1. The van der Waals surface area contributed by atoms with Crippen molar-refractivity contribution in [3.63, 3.8) is 0 Å². The van der Waals surface area contributed by atoms with E-state index in [1.165, 1.54) is 83.5 Å². The summed E-state index contributed by atoms with van der Waals surface area (Å²) in [5.41, 5.74) is 0. The summed E-state index contributed by atoms with van der Waals surface area (Å²) >= 11 is 0. The number of hydrogen-bond acceptors (Lipinski definition) is 5. The molecule has 0 saturated heterocycles. The molecule has 1 unspecified atom stereocenters. The summed E-state index contributed by atoms with van der Waals surface area (Å²) in [5, 5.41) is 0. The van der Waals surface area contributed by atoms with Gasteiger partial charge < -0.3 is 9.42 Å². The van der Waals surface area contributed by atoms with Crippen LogP contribution < -0.4 is 39.0 Å². The van der Waals surface area contributed by atoms with Gasteiger partial charge in [-0.2, -0.15) is 4.67 Å². The van der Waals surface area contributed by atoms with Crippen LogP contribution in [0.4, 0.5) is 0 Å². The molecule has 1 aromatic carbocycles. The Labute approximate surface area is 212 Å². The van der Waals surface area contributed by atoms with Crippen molar-refractivity contribution in [3.8, 4) is 5.75 Å². The summed E-state index contributed by atoms with van der Waals surface area (Å²) in [7, 11) is -4.48. The maximum Gasteiger partial charge on any atom is 1.00 e. The second-order valence-electron chi connectivity index (χ2n) is 8.05. The number of hydrogen-bond donors (Lipinski definition) is 0. The molecule has 174 valence electrons. The van der Waals surface area contributed by atoms with Crippen molar-refractivity contribution < 1.29 is 53.1 Å². The Balaban J connectivity index is 0.00000900. The average molecular weight is 465 g/mol. The van der Waals surface area contributed by atoms with Crippen LogP contribution in [0.25, 0.3) is 0 Å². The molecule has 0 fully saturated rings. The van der Waals surface area contributed by atoms with Crippen molar-refractivity contribution in [2.45, 2.75) is 110 Å². The van der Waals surface area contributed by atoms with Crippen LogP contribution in [0, 0.1) is 0 Å². The Kier molecular flexibility index (Phi) is 22.0. The number of rotatable bonds is 21. The van der Waals surface area contributed by atoms with Crippen LogP contribution in [0.3, 0.4) is 0 Å². The van der Waals surface area contributed by atoms with Crippen molar-refractivity contribution in [2.24, 2.45) is 0 Å². The van der Waals surface area contributed by atoms with E-state index in [1.54, 1.807) is 30.3 Å². The van der Waals surface area contributed by atoms with Crippen LogP contribution in [0.1, 0.15) is 110 Å². The summed E-state index contributed by atoms with van der Waals surface area (Å²) < 4.78 is 20.9. The van der Waals surface area contributed by atoms with Gasteiger partial charge in [0.1, 0.15) is 5.75 Å². The maximum absolute atomic E-state index is 11.6. The first-order valence-electron chi connectivity index (χ1n) is 12.0. The Morgan fingerprint density at radius 1 is 0.710 bits per heavy atom. The van der Waals surface area contributed by atoms with E-state index < -0.39 is 7.82 Å². The van der Waals surface area contributed by atoms with Gasteiger partial charge in [0.15, 0.2) is 0 Å². The molecule has 7 heteroatoms. The van der Waals surface area contributed by atoms with Crippen LogP contribution in [-0.2, 0) is 14.1 Å². The fraction of sp³-hybridized carbons (Fsp3) is 0.750. The fourth-order valence-corrected chi connectivity index (χ4v) is 4.05. The summed E-state index contributed by atoms with van der Waals surface area (Å²) in [6, 6.07) is 8.24. The van der Waals surface area contributed by atoms with E-state index in [2.05, 4.69) is 11.6 Å². The molecule has 31 heavy (non-hydrogen) atoms. The standard InChI is InChI=1S/C24H43O5P.Na/c1-2-3-4-5-6-7-8-9-10-11-12-13-14-15-16-20-23-27-29-30(25,26)28-24-21-18-17-19-22-24;/h17-19,21-22H,2-16,20,23H2,1H3,(H,25,26);/q;+1/p-1. The van der Waals surface area contributed by atoms with E-state index >= 15 is 0 Å². The van der Waals surface area contributed by atoms with Crippen LogP contribution in [-0.4, -0.2) is 6.61 Å². The van der Waals surface area contributed by atoms with Crippen molar-refractivity contribution >= 4 is 7.82 Å². The molecule has 0 heterocycles. The molecule has 0 spiro atoms. The Morgan fingerprint density at radius 2 is 1.13 bits per heavy atom. The average Bonchev–Trinajstić information content (AvgIpc) is 2.73. The number of phosphoric acid groups is 1. The summed E-state index contributed by atoms with van der Waals surface area (Å²) in [6.07, 6.45) is 20.7. The number of para-hydroxylation sites is 1. The molecule has 0 bridgehead atoms. The third-order valence-electron chi connectivity index (χ3n) is 5.19. The van der Waals surface area contributed by atoms with Crippen LogP contribution in [0.2, 0.25) is 0 Å². The summed E-state index contributed by atoms with van der Waals surface area (Å²) in [4.78, 5) is 16.4. The zero-order valence-corrected chi connectivity index (χ0v) is 22.8. The van der Waals surface area contributed by atoms with Gasteiger partial charge in [0.2, 0.25) is 0 Å². The molecule has 0 aliphatic rings. The molecule has 1 rings (SSSR count). The molecule has 1 aromatic rings. The third-order valence-corrected chi connectivity index (χ3v) is 5.91. The van der Waals surface area contributed by atoms with Gasteiger partial charge >= 0.3 is 37.4 Å². The first-order chi connectivity index (χ1) is 14.6. The minimum atomic E-state index is -4.48. The van der Waals surface area contributed by atoms with E-state index in [0.29, 0.717) is 0 Å². The Hall–Kier alpha value is 0.130. The topological polar surface area (TPSA) is 67.8 Å². The predicted molar refractivity (Wildman–Crippen MR) is 121 cm³/mol. The Morgan fingerprint density at radius 3 is 1.58 bits per heavy atom. The van der Waals surface area contributed by atoms with Gasteiger partial charge in [-0.3, -0.25) is 4.57 Å². The number of phosphoric ester groups is 1. The monoisotopic (exact) mass is 464 g/mol. The van der Waals surface area contributed by atoms with Crippen LogP contribution in [0.15, 0.2) is 30.3 Å². The second kappa shape index (κ2) is 21.9. The predicted octanol–water partition coefficient (Wildman–Crippen LogP) is 4.75. The molecular formula is C24H42NaO5P. The SMILES string of the molecule is CCCCCCCCCCCCCCCCCCOOP(=O)([O-])Oc1ccccc1.[Na+]. The molecule has 0 amide bonds. The largest absolute Gasteiger partial charge is 1.00 e. The minimum absolute atomic E-state index is 0. The summed E-state index contributed by atoms with van der Waals surface area (Å²) in [5.74, 6) is 0.210. The molecule has 0 aliphatic heterocycles. The molecule has 5 nitrogen and oxygen atoms in total. The maximum atomic E-state index is 11.6. The minimum Gasteiger partial charge on any atom is -0.744 e. The molecule has 0 saturated carbocycles. The van der Waals surface area contributed by atoms with Gasteiger partial charge in [-0.15, -0.1) is 0 Å². The zero-order chi connectivity index (χ0) is 21.8. The fourth-order valence-electron chi connectivity index (χ4n) is 3.44. The van der Waals surface area contributed by atoms with Crippen LogP contribution >= 0.6 is 7.82 Å². The van der Waals surface area contributed by atoms with Gasteiger partial charge in [-0.25, -0.2) is 4.89 Å². The van der Waals surface area contributed by atoms with E-state index in [1.807, 2.05) is 0 Å². The van der Waals surface area contributed by atoms with Crippen molar-refractivity contribution in [1.29, 1.82) is 0 Å². The van der Waals surface area contributed by atoms with Gasteiger partial charge in [-0.05, 0) is 18.6 Å². The van der Waals surface area contributed by atoms with Crippen molar-refractivity contribution in [3.05, 3.63) is 30.3 Å². The number of unbranched alkanes of at least 4 members (excludes halogenated alkanes) is 15. The van der Waals surface area contributed by atoms with Crippen LogP contribution in [0.5, 0.6) is 5.75 Å². The van der Waals surface area contributed by atoms with E-state index in [-0.39, 0.29) is 41.9 Å². The second-order valence-corrected chi connectivity index (χ2v) is 9.28. The third kappa shape index (κ3) is 20.5. The van der Waals surface area contributed by atoms with Gasteiger partial charge in [-0.1, -0.05) is 121 Å². The molecule has 0 aliphatic carbocycles. The molecule has 1 atom stereocenters. The normalized spacial score (nSPS) is 12.8. The molecule has 0 aromatic heterocycles. The van der Waals surface area contributed by atoms with Crippen molar-refractivity contribution in [1.82, 2.24) is 0 Å². The van der Waals surface area contributed by atoms with Gasteiger partial charge in [0, 0.05) is 0 Å². The number of benzene rings is 1. The first-order valence-corrected chi connectivity index (χ1v) is 13.5. The molecule has 0 N–H and O–H groups in total. The zero-order valence-electron chi connectivity index (χ0n) is 19.9. The van der Waals surface area contributed by atoms with E-state index in [4.69, 9.17) is 9.41 Å². The molecular weight excluding hydrogens is 422 g/mol. The van der Waals surface area contributed by atoms with Crippen molar-refractivity contribution in [2.75, 3.05) is 6.61 Å². The smallest absolute Gasteiger partial charge is 0.744 e. The summed E-state index contributed by atoms with van der Waals surface area (Å²) in [6.45, 7) is 2.52. The molecule has 0 radical (unpaired) electrons. The quantitative estimate of drug-likeness (QED) is 0.0864. The van der Waals surface area contributed by atoms with Gasteiger partial charge in [0.05, 0.1) is 6.61 Å². The van der Waals surface area contributed by atoms with Gasteiger partial charge in [0.25, 0.3) is 0 Å². The van der Waals surface area contributed by atoms with E-state index in [9.17, 15) is 9.46 Å². The Bertz CT molecular complexity index is 544.